The minimum Gasteiger partial charge on any atom is -0.455 e. The number of aromatic nitrogens is 6. The predicted molar refractivity (Wildman–Crippen MR) is 197 cm³/mol. The molecule has 0 aromatic carbocycles. The van der Waals surface area contributed by atoms with Crippen molar-refractivity contribution in [3.63, 3.8) is 0 Å². The number of fused-ring (bicyclic) bond motifs is 1. The van der Waals surface area contributed by atoms with Crippen LogP contribution in [0.15, 0.2) is 42.4 Å². The van der Waals surface area contributed by atoms with Crippen LogP contribution < -0.4 is 22.5 Å². The smallest absolute Gasteiger partial charge is 0.455 e. The minimum absolute atomic E-state index is 0.0358. The normalized spacial score (nSPS) is 26.3. The summed E-state index contributed by atoms with van der Waals surface area (Å²) < 4.78 is 82.7. The second kappa shape index (κ2) is 18.5. The molecule has 2 saturated heterocycles. The SMILES string of the molecule is C=CCCC(=O)N[C@H](CCS(C)(=O)=O)C(=O)OC1C(COP(=O)(O)O[C@H]2[C@@H](O)[C@H](n3ccc(N)nc3=O)O[C@@H]2COP(=O)(O)O)OC(n2cnc3c(N)ncnc32)C1O. The Morgan fingerprint density at radius 1 is 1.03 bits per heavy atom. The van der Waals surface area contributed by atoms with Crippen LogP contribution >= 0.6 is 15.6 Å². The van der Waals surface area contributed by atoms with E-state index in [0.717, 1.165) is 31.2 Å². The van der Waals surface area contributed by atoms with Crippen LogP contribution in [0, 0.1) is 0 Å². The number of hydrogen-bond acceptors (Lipinski definition) is 21. The van der Waals surface area contributed by atoms with Crippen molar-refractivity contribution in [2.75, 3.05) is 36.7 Å². The van der Waals surface area contributed by atoms with Gasteiger partial charge in [0.15, 0.2) is 30.0 Å². The fourth-order valence-corrected chi connectivity index (χ4v) is 7.91. The van der Waals surface area contributed by atoms with Crippen molar-refractivity contribution < 1.29 is 79.8 Å². The van der Waals surface area contributed by atoms with Gasteiger partial charge in [0, 0.05) is 18.9 Å². The fourth-order valence-electron chi connectivity index (χ4n) is 5.94. The minimum atomic E-state index is -5.46. The van der Waals surface area contributed by atoms with Crippen molar-refractivity contribution in [1.29, 1.82) is 0 Å². The maximum atomic E-state index is 13.6. The number of anilines is 2. The van der Waals surface area contributed by atoms with Crippen molar-refractivity contribution in [3.05, 3.63) is 48.1 Å². The molecule has 0 spiro atoms. The lowest BCUT2D eigenvalue weighted by Gasteiger charge is -2.26. The second-order valence-corrected chi connectivity index (χ2v) is 18.0. The number of nitrogen functional groups attached to an aromatic ring is 2. The molecule has 30 heteroatoms. The van der Waals surface area contributed by atoms with Crippen LogP contribution in [0.1, 0.15) is 31.7 Å². The maximum absolute atomic E-state index is 13.6. The van der Waals surface area contributed by atoms with E-state index < -0.39 is 124 Å². The Morgan fingerprint density at radius 3 is 2.32 bits per heavy atom. The van der Waals surface area contributed by atoms with E-state index in [9.17, 15) is 56.8 Å². The van der Waals surface area contributed by atoms with Gasteiger partial charge in [0.2, 0.25) is 5.91 Å². The molecule has 326 valence electrons. The van der Waals surface area contributed by atoms with Crippen LogP contribution in [-0.2, 0) is 56.3 Å². The lowest BCUT2D eigenvalue weighted by molar-refractivity contribution is -0.160. The molecule has 0 radical (unpaired) electrons. The first-order valence-corrected chi connectivity index (χ1v) is 22.2. The van der Waals surface area contributed by atoms with Crippen LogP contribution in [0.25, 0.3) is 11.2 Å². The molecule has 3 aromatic heterocycles. The number of amides is 1. The summed E-state index contributed by atoms with van der Waals surface area (Å²) >= 11 is 0. The molecule has 5 rings (SSSR count). The number of sulfone groups is 1. The molecule has 10 atom stereocenters. The third-order valence-electron chi connectivity index (χ3n) is 8.69. The van der Waals surface area contributed by atoms with Crippen LogP contribution in [0.3, 0.4) is 0 Å². The molecule has 59 heavy (non-hydrogen) atoms. The van der Waals surface area contributed by atoms with Crippen LogP contribution in [0.2, 0.25) is 0 Å². The summed E-state index contributed by atoms with van der Waals surface area (Å²) in [7, 11) is -14.3. The first-order chi connectivity index (χ1) is 27.6. The Morgan fingerprint density at radius 2 is 1.68 bits per heavy atom. The lowest BCUT2D eigenvalue weighted by Crippen LogP contribution is -2.47. The number of phosphoric acid groups is 2. The molecular weight excluding hydrogens is 856 g/mol. The van der Waals surface area contributed by atoms with E-state index in [2.05, 4.69) is 36.4 Å². The van der Waals surface area contributed by atoms with Gasteiger partial charge in [-0.05, 0) is 18.9 Å². The van der Waals surface area contributed by atoms with Crippen LogP contribution in [0.4, 0.5) is 11.6 Å². The average molecular weight is 898 g/mol. The summed E-state index contributed by atoms with van der Waals surface area (Å²) in [5.74, 6) is -2.72. The van der Waals surface area contributed by atoms with E-state index in [1.54, 1.807) is 0 Å². The van der Waals surface area contributed by atoms with Crippen molar-refractivity contribution in [3.8, 4) is 0 Å². The highest BCUT2D eigenvalue weighted by atomic mass is 32.2. The standard InChI is InChI=1S/C29H41N9O18P2S/c1-3-4-5-18(39)35-14(7-9-59(2,49)50)28(42)55-22-15(53-27(20(22)40)38-13-34-19-24(31)32-12-33-25(19)38)11-52-58(47,48)56-23-16(10-51-57(44,45)46)54-26(21(23)41)37-8-6-17(30)36-29(37)43/h3,6,8,12-16,20-23,26-27,40-41H,1,4-5,7,9-11H2,2H3,(H,35,39)(H,47,48)(H2,30,36,43)(H2,31,32,33)(H2,44,45,46)/t14-,15?,16-,20?,21-,22?,23-,26-,27?/m1/s1. The van der Waals surface area contributed by atoms with Crippen molar-refractivity contribution in [2.45, 2.75) is 74.4 Å². The molecule has 27 nitrogen and oxygen atoms in total. The van der Waals surface area contributed by atoms with Crippen molar-refractivity contribution in [1.82, 2.24) is 34.4 Å². The largest absolute Gasteiger partial charge is 0.472 e. The fraction of sp³-hybridized carbons (Fsp3) is 0.552. The number of carbonyl (C=O) groups is 2. The van der Waals surface area contributed by atoms with Gasteiger partial charge in [0.1, 0.15) is 64.1 Å². The van der Waals surface area contributed by atoms with Gasteiger partial charge in [-0.1, -0.05) is 6.08 Å². The number of ether oxygens (including phenoxy) is 3. The Bertz CT molecular complexity index is 2290. The molecule has 0 saturated carbocycles. The quantitative estimate of drug-likeness (QED) is 0.0341. The number of nitrogens with one attached hydrogen (secondary N) is 1. The molecule has 0 bridgehead atoms. The van der Waals surface area contributed by atoms with Gasteiger partial charge >= 0.3 is 27.3 Å². The number of nitrogens with two attached hydrogens (primary N) is 2. The van der Waals surface area contributed by atoms with E-state index in [1.165, 1.54) is 10.6 Å². The zero-order valence-electron chi connectivity index (χ0n) is 30.7. The molecule has 3 aromatic rings. The van der Waals surface area contributed by atoms with E-state index in [1.807, 2.05) is 0 Å². The molecule has 2 fully saturated rings. The number of allylic oxidation sites excluding steroid dienone is 1. The average Bonchev–Trinajstić information content (AvgIpc) is 3.80. The molecule has 5 heterocycles. The summed E-state index contributed by atoms with van der Waals surface area (Å²) in [6, 6.07) is -0.421. The number of hydrogen-bond donors (Lipinski definition) is 8. The molecule has 5 unspecified atom stereocenters. The zero-order chi connectivity index (χ0) is 43.4. The van der Waals surface area contributed by atoms with Crippen LogP contribution in [0.5, 0.6) is 0 Å². The molecule has 2 aliphatic heterocycles. The number of aliphatic hydroxyl groups excluding tert-OH is 2. The summed E-state index contributed by atoms with van der Waals surface area (Å²) in [5.41, 5.74) is 10.5. The highest BCUT2D eigenvalue weighted by Crippen LogP contribution is 2.50. The summed E-state index contributed by atoms with van der Waals surface area (Å²) in [6.45, 7) is 1.43. The van der Waals surface area contributed by atoms with Gasteiger partial charge in [-0.25, -0.2) is 42.1 Å². The first kappa shape index (κ1) is 45.8. The van der Waals surface area contributed by atoms with Gasteiger partial charge < -0.3 is 55.9 Å². The van der Waals surface area contributed by atoms with Gasteiger partial charge in [-0.15, -0.1) is 6.58 Å². The number of aliphatic hydroxyl groups is 2. The van der Waals surface area contributed by atoms with Gasteiger partial charge in [-0.2, -0.15) is 4.98 Å². The van der Waals surface area contributed by atoms with E-state index in [4.69, 9.17) is 34.7 Å². The van der Waals surface area contributed by atoms with E-state index in [0.29, 0.717) is 4.57 Å². The molecular formula is C29H41N9O18P2S. The predicted octanol–water partition coefficient (Wildman–Crippen LogP) is -2.83. The maximum Gasteiger partial charge on any atom is 0.472 e. The second-order valence-electron chi connectivity index (χ2n) is 13.1. The number of esters is 1. The highest BCUT2D eigenvalue weighted by molar-refractivity contribution is 7.90. The Labute approximate surface area is 333 Å². The number of imidazole rings is 1. The Kier molecular flexibility index (Phi) is 14.4. The van der Waals surface area contributed by atoms with Crippen molar-refractivity contribution >= 4 is 60.2 Å². The summed E-state index contributed by atoms with van der Waals surface area (Å²) in [4.78, 5) is 83.6. The highest BCUT2D eigenvalue weighted by Gasteiger charge is 2.52. The molecule has 0 aliphatic carbocycles. The Balaban J connectivity index is 1.40. The third kappa shape index (κ3) is 11.7. The zero-order valence-corrected chi connectivity index (χ0v) is 33.3. The first-order valence-electron chi connectivity index (χ1n) is 17.2. The van der Waals surface area contributed by atoms with E-state index >= 15 is 0 Å². The van der Waals surface area contributed by atoms with Gasteiger partial charge in [-0.3, -0.25) is 27.5 Å². The van der Waals surface area contributed by atoms with Gasteiger partial charge in [0.05, 0.1) is 25.3 Å². The number of carbonyl (C=O) groups excluding carboxylic acids is 2. The lowest BCUT2D eigenvalue weighted by atomic mass is 10.1. The van der Waals surface area contributed by atoms with E-state index in [-0.39, 0.29) is 35.6 Å². The number of rotatable bonds is 19. The third-order valence-corrected chi connectivity index (χ3v) is 11.1. The summed E-state index contributed by atoms with van der Waals surface area (Å²) in [6.07, 6.45) is -9.04. The topological polar surface area (TPSA) is 402 Å². The molecule has 1 amide bonds. The summed E-state index contributed by atoms with van der Waals surface area (Å²) in [5, 5.41) is 25.0. The van der Waals surface area contributed by atoms with Crippen molar-refractivity contribution in [2.24, 2.45) is 0 Å². The molecule has 2 aliphatic rings. The molecule has 10 N–H and O–H groups in total. The Hall–Kier alpha value is -4.28. The van der Waals surface area contributed by atoms with Crippen LogP contribution in [-0.4, -0.2) is 142 Å². The number of phosphoric ester groups is 2. The van der Waals surface area contributed by atoms with Gasteiger partial charge in [0.25, 0.3) is 0 Å². The number of nitrogens with zero attached hydrogens (tertiary/aromatic N) is 6. The monoisotopic (exact) mass is 897 g/mol.